The number of nitrogens with zero attached hydrogens (tertiary/aromatic N) is 4. The van der Waals surface area contributed by atoms with Crippen LogP contribution in [0.15, 0.2) is 54.6 Å². The van der Waals surface area contributed by atoms with Gasteiger partial charge in [-0.25, -0.2) is 13.9 Å². The van der Waals surface area contributed by atoms with Crippen molar-refractivity contribution in [1.29, 1.82) is 0 Å². The molecule has 3 heterocycles. The molecule has 1 atom stereocenters. The van der Waals surface area contributed by atoms with Crippen LogP contribution in [0, 0.1) is 5.82 Å². The predicted molar refractivity (Wildman–Crippen MR) is 128 cm³/mol. The van der Waals surface area contributed by atoms with E-state index < -0.39 is 0 Å². The molecule has 0 bridgehead atoms. The molecule has 33 heavy (non-hydrogen) atoms. The minimum absolute atomic E-state index is 0.0471. The highest BCUT2D eigenvalue weighted by Gasteiger charge is 2.33. The summed E-state index contributed by atoms with van der Waals surface area (Å²) in [5.74, 6) is 0.958. The minimum atomic E-state index is -0.273. The first-order chi connectivity index (χ1) is 16.1. The fourth-order valence-corrected chi connectivity index (χ4v) is 4.98. The van der Waals surface area contributed by atoms with E-state index in [1.807, 2.05) is 34.8 Å². The van der Waals surface area contributed by atoms with Gasteiger partial charge >= 0.3 is 0 Å². The first kappa shape index (κ1) is 20.6. The number of aromatic nitrogens is 3. The molecule has 0 amide bonds. The van der Waals surface area contributed by atoms with Crippen LogP contribution in [0.25, 0.3) is 28.0 Å². The summed E-state index contributed by atoms with van der Waals surface area (Å²) in [6.45, 7) is 0.937. The van der Waals surface area contributed by atoms with E-state index in [2.05, 4.69) is 4.90 Å². The van der Waals surface area contributed by atoms with Gasteiger partial charge in [-0.3, -0.25) is 0 Å². The molecule has 1 unspecified atom stereocenters. The Hall–Kier alpha value is -2.96. The Balaban J connectivity index is 1.63. The summed E-state index contributed by atoms with van der Waals surface area (Å²) in [5.41, 5.74) is 5.62. The molecule has 1 saturated heterocycles. The second-order valence-electron chi connectivity index (χ2n) is 8.96. The molecule has 1 N–H and O–H groups in total. The van der Waals surface area contributed by atoms with Crippen molar-refractivity contribution in [1.82, 2.24) is 14.6 Å². The molecule has 2 aromatic carbocycles. The van der Waals surface area contributed by atoms with Crippen LogP contribution < -0.4 is 4.90 Å². The number of aliphatic hydroxyl groups is 1. The zero-order chi connectivity index (χ0) is 22.5. The van der Waals surface area contributed by atoms with Crippen LogP contribution in [0.1, 0.15) is 37.3 Å². The summed E-state index contributed by atoms with van der Waals surface area (Å²) in [4.78, 5) is 7.28. The van der Waals surface area contributed by atoms with Crippen LogP contribution in [0.3, 0.4) is 0 Å². The van der Waals surface area contributed by atoms with E-state index in [9.17, 15) is 9.50 Å². The molecular weight excluding hydrogens is 439 g/mol. The van der Waals surface area contributed by atoms with Gasteiger partial charge in [-0.2, -0.15) is 5.10 Å². The Kier molecular flexibility index (Phi) is 5.07. The van der Waals surface area contributed by atoms with Gasteiger partial charge in [0.05, 0.1) is 29.6 Å². The molecule has 1 aliphatic heterocycles. The van der Waals surface area contributed by atoms with E-state index >= 15 is 0 Å². The number of benzene rings is 2. The van der Waals surface area contributed by atoms with E-state index in [0.29, 0.717) is 10.9 Å². The standard InChI is InChI=1S/C26H24ClFN4O/c27-19-9-5-17(6-10-19)24-25(18-3-4-18)30-32-22(16-7-11-20(28)12-8-16)14-23(29-26(24)32)31-13-1-2-21(31)15-33/h5-12,14,18,21,33H,1-4,13,15H2. The maximum Gasteiger partial charge on any atom is 0.166 e. The largest absolute Gasteiger partial charge is 0.394 e. The van der Waals surface area contributed by atoms with E-state index in [1.165, 1.54) is 12.1 Å². The van der Waals surface area contributed by atoms with Gasteiger partial charge in [-0.1, -0.05) is 23.7 Å². The van der Waals surface area contributed by atoms with Crippen molar-refractivity contribution in [3.8, 4) is 22.4 Å². The van der Waals surface area contributed by atoms with Crippen LogP contribution in [-0.2, 0) is 0 Å². The molecule has 2 aliphatic rings. The Morgan fingerprint density at radius 2 is 1.73 bits per heavy atom. The molecule has 1 aliphatic carbocycles. The van der Waals surface area contributed by atoms with Crippen molar-refractivity contribution in [2.75, 3.05) is 18.1 Å². The van der Waals surface area contributed by atoms with Crippen molar-refractivity contribution >= 4 is 23.1 Å². The molecule has 7 heteroatoms. The fraction of sp³-hybridized carbons (Fsp3) is 0.308. The average molecular weight is 463 g/mol. The second kappa shape index (κ2) is 8.12. The average Bonchev–Trinajstić information content (AvgIpc) is 3.44. The fourth-order valence-electron chi connectivity index (χ4n) is 4.86. The second-order valence-corrected chi connectivity index (χ2v) is 9.39. The highest BCUT2D eigenvalue weighted by molar-refractivity contribution is 6.30. The Morgan fingerprint density at radius 1 is 1.00 bits per heavy atom. The third-order valence-corrected chi connectivity index (χ3v) is 6.97. The van der Waals surface area contributed by atoms with E-state index in [1.54, 1.807) is 12.1 Å². The van der Waals surface area contributed by atoms with Crippen LogP contribution >= 0.6 is 11.6 Å². The van der Waals surface area contributed by atoms with Crippen molar-refractivity contribution in [3.05, 3.63) is 71.1 Å². The summed E-state index contributed by atoms with van der Waals surface area (Å²) in [6, 6.07) is 16.4. The van der Waals surface area contributed by atoms with Crippen LogP contribution in [0.2, 0.25) is 5.02 Å². The first-order valence-electron chi connectivity index (χ1n) is 11.5. The van der Waals surface area contributed by atoms with Crippen molar-refractivity contribution < 1.29 is 9.50 Å². The summed E-state index contributed by atoms with van der Waals surface area (Å²) >= 11 is 6.17. The van der Waals surface area contributed by atoms with Gasteiger partial charge in [0, 0.05) is 29.1 Å². The highest BCUT2D eigenvalue weighted by atomic mass is 35.5. The van der Waals surface area contributed by atoms with Gasteiger partial charge in [0.2, 0.25) is 0 Å². The monoisotopic (exact) mass is 462 g/mol. The quantitative estimate of drug-likeness (QED) is 0.413. The van der Waals surface area contributed by atoms with E-state index in [-0.39, 0.29) is 18.5 Å². The normalized spacial score (nSPS) is 18.4. The van der Waals surface area contributed by atoms with Gasteiger partial charge in [-0.05, 0) is 67.6 Å². The van der Waals surface area contributed by atoms with Gasteiger partial charge in [0.15, 0.2) is 5.65 Å². The number of hydrogen-bond acceptors (Lipinski definition) is 4. The summed E-state index contributed by atoms with van der Waals surface area (Å²) in [6.07, 6.45) is 4.18. The highest BCUT2D eigenvalue weighted by Crippen LogP contribution is 2.46. The number of anilines is 1. The number of fused-ring (bicyclic) bond motifs is 1. The summed E-state index contributed by atoms with van der Waals surface area (Å²) < 4.78 is 15.6. The molecule has 0 spiro atoms. The topological polar surface area (TPSA) is 53.7 Å². The zero-order valence-corrected chi connectivity index (χ0v) is 18.8. The molecule has 4 aromatic rings. The molecule has 6 rings (SSSR count). The molecule has 1 saturated carbocycles. The minimum Gasteiger partial charge on any atom is -0.394 e. The van der Waals surface area contributed by atoms with Crippen molar-refractivity contribution in [2.45, 2.75) is 37.6 Å². The van der Waals surface area contributed by atoms with Crippen LogP contribution in [-0.4, -0.2) is 38.9 Å². The van der Waals surface area contributed by atoms with Crippen LogP contribution in [0.4, 0.5) is 10.2 Å². The van der Waals surface area contributed by atoms with Crippen LogP contribution in [0.5, 0.6) is 0 Å². The lowest BCUT2D eigenvalue weighted by atomic mass is 10.0. The molecule has 0 radical (unpaired) electrons. The molecule has 168 valence electrons. The maximum atomic E-state index is 13.7. The number of hydrogen-bond donors (Lipinski definition) is 1. The van der Waals surface area contributed by atoms with Gasteiger partial charge < -0.3 is 10.0 Å². The summed E-state index contributed by atoms with van der Waals surface area (Å²) in [5, 5.41) is 15.7. The molecule has 2 fully saturated rings. The Bertz CT molecular complexity index is 1320. The number of aliphatic hydroxyl groups excluding tert-OH is 1. The first-order valence-corrected chi connectivity index (χ1v) is 11.8. The van der Waals surface area contributed by atoms with Gasteiger partial charge in [0.25, 0.3) is 0 Å². The lowest BCUT2D eigenvalue weighted by Gasteiger charge is -2.25. The van der Waals surface area contributed by atoms with Crippen molar-refractivity contribution in [2.24, 2.45) is 0 Å². The molecular formula is C26H24ClFN4O. The molecule has 2 aromatic heterocycles. The lowest BCUT2D eigenvalue weighted by Crippen LogP contribution is -2.32. The Morgan fingerprint density at radius 3 is 2.42 bits per heavy atom. The molecule has 5 nitrogen and oxygen atoms in total. The van der Waals surface area contributed by atoms with Crippen molar-refractivity contribution in [3.63, 3.8) is 0 Å². The number of halogens is 2. The summed E-state index contributed by atoms with van der Waals surface area (Å²) in [7, 11) is 0. The van der Waals surface area contributed by atoms with Gasteiger partial charge in [0.1, 0.15) is 11.6 Å². The smallest absolute Gasteiger partial charge is 0.166 e. The maximum absolute atomic E-state index is 13.7. The Labute approximate surface area is 196 Å². The third-order valence-electron chi connectivity index (χ3n) is 6.72. The zero-order valence-electron chi connectivity index (χ0n) is 18.1. The van der Waals surface area contributed by atoms with E-state index in [4.69, 9.17) is 21.7 Å². The number of rotatable bonds is 5. The predicted octanol–water partition coefficient (Wildman–Crippen LogP) is 5.69. The lowest BCUT2D eigenvalue weighted by molar-refractivity contribution is 0.266. The van der Waals surface area contributed by atoms with Gasteiger partial charge in [-0.15, -0.1) is 0 Å². The third kappa shape index (κ3) is 3.67. The van der Waals surface area contributed by atoms with E-state index in [0.717, 1.165) is 71.8 Å². The SMILES string of the molecule is OCC1CCCN1c1cc(-c2ccc(F)cc2)n2nc(C3CC3)c(-c3ccc(Cl)cc3)c2n1.